The molecular formula is C31H36N4O8. The van der Waals surface area contributed by atoms with Crippen molar-refractivity contribution >= 4 is 11.7 Å². The molecule has 0 aliphatic carbocycles. The van der Waals surface area contributed by atoms with Crippen LogP contribution in [0.5, 0.6) is 28.7 Å². The van der Waals surface area contributed by atoms with Gasteiger partial charge in [0, 0.05) is 54.9 Å². The van der Waals surface area contributed by atoms with Gasteiger partial charge in [-0.2, -0.15) is 5.26 Å². The van der Waals surface area contributed by atoms with Crippen molar-refractivity contribution in [2.75, 3.05) is 41.4 Å². The fourth-order valence-corrected chi connectivity index (χ4v) is 7.59. The molecule has 2 N–H and O–H groups in total. The van der Waals surface area contributed by atoms with Crippen molar-refractivity contribution in [3.63, 3.8) is 0 Å². The number of aromatic hydroxyl groups is 1. The zero-order valence-corrected chi connectivity index (χ0v) is 25.1. The minimum absolute atomic E-state index is 0.00952. The van der Waals surface area contributed by atoms with Gasteiger partial charge >= 0.3 is 0 Å². The van der Waals surface area contributed by atoms with E-state index in [9.17, 15) is 20.0 Å². The number of nitrogens with zero attached hydrogens (tertiary/aromatic N) is 3. The van der Waals surface area contributed by atoms with E-state index in [2.05, 4.69) is 27.3 Å². The van der Waals surface area contributed by atoms with Crippen LogP contribution in [-0.2, 0) is 27.2 Å². The lowest BCUT2D eigenvalue weighted by atomic mass is 9.71. The van der Waals surface area contributed by atoms with Gasteiger partial charge in [0.05, 0.1) is 25.3 Å². The maximum Gasteiger partial charge on any atom is 0.287 e. The molecular weight excluding hydrogens is 556 g/mol. The van der Waals surface area contributed by atoms with Crippen molar-refractivity contribution in [1.29, 1.82) is 5.26 Å². The molecule has 12 nitrogen and oxygen atoms in total. The topological polar surface area (TPSA) is 143 Å². The van der Waals surface area contributed by atoms with E-state index in [0.29, 0.717) is 52.5 Å². The first-order chi connectivity index (χ1) is 20.6. The number of amides is 1. The van der Waals surface area contributed by atoms with E-state index < -0.39 is 23.8 Å². The summed E-state index contributed by atoms with van der Waals surface area (Å²) in [6.07, 6.45) is 0.962. The van der Waals surface area contributed by atoms with Crippen molar-refractivity contribution in [3.8, 4) is 34.8 Å². The number of hydrogen-bond acceptors (Lipinski definition) is 11. The molecule has 0 unspecified atom stereocenters. The number of hydrogen-bond donors (Lipinski definition) is 2. The van der Waals surface area contributed by atoms with Crippen LogP contribution in [0.15, 0.2) is 6.07 Å². The van der Waals surface area contributed by atoms with Crippen molar-refractivity contribution in [2.45, 2.75) is 63.8 Å². The first-order valence-corrected chi connectivity index (χ1v) is 14.3. The molecule has 1 fully saturated rings. The van der Waals surface area contributed by atoms with Gasteiger partial charge in [-0.25, -0.2) is 0 Å². The third kappa shape index (κ3) is 4.29. The molecule has 2 bridgehead atoms. The highest BCUT2D eigenvalue weighted by atomic mass is 16.7. The normalized spacial score (nSPS) is 25.2. The van der Waals surface area contributed by atoms with Gasteiger partial charge < -0.3 is 34.1 Å². The van der Waals surface area contributed by atoms with E-state index in [-0.39, 0.29) is 44.0 Å². The van der Waals surface area contributed by atoms with Crippen LogP contribution in [0.1, 0.15) is 52.4 Å². The zero-order valence-electron chi connectivity index (χ0n) is 25.1. The highest BCUT2D eigenvalue weighted by Gasteiger charge is 2.56. The molecule has 1 saturated heterocycles. The van der Waals surface area contributed by atoms with Gasteiger partial charge in [-0.1, -0.05) is 6.07 Å². The third-order valence-corrected chi connectivity index (χ3v) is 9.37. The molecule has 4 aliphatic rings. The van der Waals surface area contributed by atoms with E-state index in [4.69, 9.17) is 23.7 Å². The third-order valence-electron chi connectivity index (χ3n) is 9.37. The number of aryl methyl sites for hydroxylation is 1. The number of Topliss-reactive ketones (excluding diaryl/α,β-unsaturated/α-hetero) is 1. The Labute approximate surface area is 250 Å². The Hall–Kier alpha value is -4.05. The first-order valence-electron chi connectivity index (χ1n) is 14.3. The quantitative estimate of drug-likeness (QED) is 0.361. The van der Waals surface area contributed by atoms with Crippen LogP contribution in [0, 0.1) is 25.2 Å². The largest absolute Gasteiger partial charge is 0.507 e. The molecule has 0 spiro atoms. The predicted octanol–water partition coefficient (Wildman–Crippen LogP) is 2.21. The Morgan fingerprint density at radius 3 is 2.56 bits per heavy atom. The van der Waals surface area contributed by atoms with Gasteiger partial charge in [0.1, 0.15) is 11.8 Å². The monoisotopic (exact) mass is 592 g/mol. The number of benzene rings is 2. The Morgan fingerprint density at radius 1 is 1.14 bits per heavy atom. The molecule has 2 aromatic rings. The smallest absolute Gasteiger partial charge is 0.287 e. The van der Waals surface area contributed by atoms with Crippen LogP contribution < -0.4 is 24.3 Å². The summed E-state index contributed by atoms with van der Waals surface area (Å²) in [5, 5.41) is 25.0. The van der Waals surface area contributed by atoms with Crippen LogP contribution in [0.25, 0.3) is 0 Å². The van der Waals surface area contributed by atoms with Gasteiger partial charge in [0.2, 0.25) is 12.6 Å². The second-order valence-corrected chi connectivity index (χ2v) is 11.6. The maximum absolute atomic E-state index is 12.5. The molecule has 1 amide bonds. The summed E-state index contributed by atoms with van der Waals surface area (Å²) in [5.41, 5.74) is 4.82. The van der Waals surface area contributed by atoms with Gasteiger partial charge in [-0.15, -0.1) is 0 Å². The van der Waals surface area contributed by atoms with Crippen molar-refractivity contribution in [1.82, 2.24) is 15.1 Å². The average molecular weight is 593 g/mol. The van der Waals surface area contributed by atoms with Gasteiger partial charge in [0.15, 0.2) is 29.8 Å². The fraction of sp³-hybridized carbons (Fsp3) is 0.516. The zero-order chi connectivity index (χ0) is 30.7. The number of nitriles is 1. The van der Waals surface area contributed by atoms with E-state index in [1.807, 2.05) is 14.0 Å². The number of methoxy groups -OCH3 is 2. The Bertz CT molecular complexity index is 1550. The molecule has 228 valence electrons. The first kappa shape index (κ1) is 29.0. The molecule has 6 rings (SSSR count). The SMILES string of the molecule is COCOc1c(OC)c(C)cc2c1[C@@H]1[C@@H]3Cc4c(O)c(C)c5c(c4[C@H](CNC(=O)C(C)=O)N3[C@@H](C#N)[C@H](C2)N1C)OCO5. The van der Waals surface area contributed by atoms with Crippen LogP contribution in [0.3, 0.4) is 0 Å². The molecule has 4 aliphatic heterocycles. The lowest BCUT2D eigenvalue weighted by molar-refractivity contribution is -0.137. The Morgan fingerprint density at radius 2 is 1.88 bits per heavy atom. The molecule has 43 heavy (non-hydrogen) atoms. The van der Waals surface area contributed by atoms with Gasteiger partial charge in [0.25, 0.3) is 5.91 Å². The lowest BCUT2D eigenvalue weighted by Gasteiger charge is -2.60. The molecule has 4 heterocycles. The van der Waals surface area contributed by atoms with Crippen LogP contribution in [-0.4, -0.2) is 86.1 Å². The summed E-state index contributed by atoms with van der Waals surface area (Å²) in [6, 6.07) is 2.68. The average Bonchev–Trinajstić information content (AvgIpc) is 3.47. The van der Waals surface area contributed by atoms with Gasteiger partial charge in [-0.3, -0.25) is 19.4 Å². The van der Waals surface area contributed by atoms with E-state index in [1.165, 1.54) is 6.92 Å². The summed E-state index contributed by atoms with van der Waals surface area (Å²) in [4.78, 5) is 28.8. The number of ether oxygens (including phenoxy) is 5. The van der Waals surface area contributed by atoms with Gasteiger partial charge in [-0.05, 0) is 44.9 Å². The minimum atomic E-state index is -0.725. The minimum Gasteiger partial charge on any atom is -0.507 e. The number of piperazine rings is 1. The molecule has 0 radical (unpaired) electrons. The van der Waals surface area contributed by atoms with Crippen molar-refractivity contribution < 1.29 is 38.4 Å². The van der Waals surface area contributed by atoms with E-state index in [0.717, 1.165) is 16.7 Å². The Balaban J connectivity index is 1.59. The summed E-state index contributed by atoms with van der Waals surface area (Å²) in [6.45, 7) is 5.00. The second kappa shape index (κ2) is 10.9. The number of phenols is 1. The number of nitrogens with one attached hydrogen (secondary N) is 1. The van der Waals surface area contributed by atoms with Crippen molar-refractivity contribution in [2.24, 2.45) is 0 Å². The number of rotatable bonds is 7. The second-order valence-electron chi connectivity index (χ2n) is 11.6. The van der Waals surface area contributed by atoms with Crippen molar-refractivity contribution in [3.05, 3.63) is 39.4 Å². The highest BCUT2D eigenvalue weighted by Crippen LogP contribution is 2.58. The number of likely N-dealkylation sites (N-methyl/N-ethyl adjacent to an activating group) is 1. The van der Waals surface area contributed by atoms with Crippen LogP contribution >= 0.6 is 0 Å². The molecule has 2 aromatic carbocycles. The highest BCUT2D eigenvalue weighted by molar-refractivity contribution is 6.35. The van der Waals surface area contributed by atoms with E-state index >= 15 is 0 Å². The van der Waals surface area contributed by atoms with Crippen LogP contribution in [0.2, 0.25) is 0 Å². The molecule has 0 aromatic heterocycles. The summed E-state index contributed by atoms with van der Waals surface area (Å²) in [7, 11) is 5.18. The Kier molecular flexibility index (Phi) is 7.36. The number of carbonyl (C=O) groups is 2. The summed E-state index contributed by atoms with van der Waals surface area (Å²) in [5.74, 6) is 0.886. The fourth-order valence-electron chi connectivity index (χ4n) is 7.59. The van der Waals surface area contributed by atoms with Crippen LogP contribution in [0.4, 0.5) is 0 Å². The number of ketones is 1. The summed E-state index contributed by atoms with van der Waals surface area (Å²) >= 11 is 0. The van der Waals surface area contributed by atoms with E-state index in [1.54, 1.807) is 21.1 Å². The maximum atomic E-state index is 12.5. The number of carbonyl (C=O) groups excluding carboxylic acids is 2. The number of fused-ring (bicyclic) bond motifs is 9. The molecule has 12 heteroatoms. The standard InChI is InChI=1S/C31H36N4O8/c1-14-7-17-8-19-21(10-32)35-20(25(34(19)4)23(17)29(27(14)40-6)41-12-39-5)9-18-24(22(35)11-33-31(38)16(3)36)30-28(42-13-43-30)15(2)26(18)37/h7,19-22,25,37H,8-9,11-13H2,1-6H3,(H,33,38)/t19-,20-,21-,22-,25-/m0/s1. The molecule has 5 atom stereocenters. The molecule has 0 saturated carbocycles. The number of phenolic OH excluding ortho intramolecular Hbond substituents is 1. The predicted molar refractivity (Wildman–Crippen MR) is 152 cm³/mol. The summed E-state index contributed by atoms with van der Waals surface area (Å²) < 4.78 is 29.0. The lowest BCUT2D eigenvalue weighted by Crippen LogP contribution is -2.68.